The summed E-state index contributed by atoms with van der Waals surface area (Å²) in [4.78, 5) is 0. The monoisotopic (exact) mass is 441 g/mol. The van der Waals surface area contributed by atoms with E-state index in [-0.39, 0.29) is 5.41 Å². The van der Waals surface area contributed by atoms with E-state index in [0.717, 1.165) is 11.3 Å². The van der Waals surface area contributed by atoms with Crippen LogP contribution < -0.4 is 0 Å². The molecule has 0 N–H and O–H groups in total. The molecular weight excluding hydrogens is 414 g/mol. The number of benzene rings is 5. The molecule has 6 aromatic rings. The van der Waals surface area contributed by atoms with Gasteiger partial charge in [-0.05, 0) is 48.9 Å². The zero-order valence-electron chi connectivity index (χ0n) is 19.8. The van der Waals surface area contributed by atoms with Gasteiger partial charge in [-0.25, -0.2) is 4.68 Å². The number of hydrogen-bond donors (Lipinski definition) is 0. The minimum Gasteiger partial charge on any atom is -0.240 e. The van der Waals surface area contributed by atoms with Crippen LogP contribution in [0.4, 0.5) is 0 Å². The highest BCUT2D eigenvalue weighted by Gasteiger charge is 2.16. The van der Waals surface area contributed by atoms with Crippen LogP contribution in [0.1, 0.15) is 31.9 Å². The predicted octanol–water partition coefficient (Wildman–Crippen LogP) is 7.75. The Hall–Kier alpha value is -3.98. The summed E-state index contributed by atoms with van der Waals surface area (Å²) in [6, 6.07) is 32.8. The fourth-order valence-corrected chi connectivity index (χ4v) is 5.06. The SMILES string of the molecule is CC(C)(C)c1ccc(-c2cnnn2Cc2cccc3c4ccccc4c4ccccc4c23)cc1. The molecular formula is C31H27N3. The van der Waals surface area contributed by atoms with E-state index in [2.05, 4.69) is 122 Å². The Morgan fingerprint density at radius 3 is 1.82 bits per heavy atom. The summed E-state index contributed by atoms with van der Waals surface area (Å²) in [6.45, 7) is 7.38. The normalized spacial score (nSPS) is 12.1. The molecule has 0 bridgehead atoms. The van der Waals surface area contributed by atoms with Crippen molar-refractivity contribution in [1.82, 2.24) is 15.0 Å². The van der Waals surface area contributed by atoms with E-state index in [1.807, 2.05) is 10.9 Å². The highest BCUT2D eigenvalue weighted by atomic mass is 15.4. The summed E-state index contributed by atoms with van der Waals surface area (Å²) in [5.41, 5.74) is 4.86. The van der Waals surface area contributed by atoms with E-state index in [0.29, 0.717) is 6.54 Å². The summed E-state index contributed by atoms with van der Waals surface area (Å²) < 4.78 is 2.02. The quantitative estimate of drug-likeness (QED) is 0.263. The van der Waals surface area contributed by atoms with Crippen LogP contribution in [0.5, 0.6) is 0 Å². The molecule has 0 aliphatic heterocycles. The Bertz CT molecular complexity index is 1610. The second kappa shape index (κ2) is 7.81. The molecule has 1 heterocycles. The molecule has 0 aliphatic carbocycles. The molecule has 0 saturated carbocycles. The van der Waals surface area contributed by atoms with Gasteiger partial charge in [0.2, 0.25) is 0 Å². The zero-order chi connectivity index (χ0) is 23.3. The lowest BCUT2D eigenvalue weighted by molar-refractivity contribution is 0.590. The van der Waals surface area contributed by atoms with Gasteiger partial charge in [-0.15, -0.1) is 5.10 Å². The van der Waals surface area contributed by atoms with Crippen LogP contribution in [0.3, 0.4) is 0 Å². The molecule has 0 fully saturated rings. The number of nitrogens with zero attached hydrogens (tertiary/aromatic N) is 3. The van der Waals surface area contributed by atoms with Gasteiger partial charge in [-0.1, -0.05) is 117 Å². The van der Waals surface area contributed by atoms with Crippen molar-refractivity contribution in [2.24, 2.45) is 0 Å². The second-order valence-corrected chi connectivity index (χ2v) is 10.0. The fraction of sp³-hybridized carbons (Fsp3) is 0.161. The molecule has 0 saturated heterocycles. The molecule has 34 heavy (non-hydrogen) atoms. The van der Waals surface area contributed by atoms with E-state index in [9.17, 15) is 0 Å². The minimum absolute atomic E-state index is 0.129. The Morgan fingerprint density at radius 2 is 1.21 bits per heavy atom. The van der Waals surface area contributed by atoms with E-state index in [1.165, 1.54) is 43.4 Å². The van der Waals surface area contributed by atoms with Crippen molar-refractivity contribution in [3.05, 3.63) is 108 Å². The van der Waals surface area contributed by atoms with Crippen molar-refractivity contribution in [1.29, 1.82) is 0 Å². The molecule has 6 rings (SSSR count). The Balaban J connectivity index is 1.51. The van der Waals surface area contributed by atoms with E-state index >= 15 is 0 Å². The van der Waals surface area contributed by atoms with Crippen LogP contribution in [0.2, 0.25) is 0 Å². The smallest absolute Gasteiger partial charge is 0.0889 e. The van der Waals surface area contributed by atoms with Crippen LogP contribution in [0.15, 0.2) is 97.2 Å². The molecule has 1 aromatic heterocycles. The molecule has 3 heteroatoms. The third-order valence-electron chi connectivity index (χ3n) is 6.84. The highest BCUT2D eigenvalue weighted by Crippen LogP contribution is 2.37. The third kappa shape index (κ3) is 3.36. The molecule has 0 aliphatic rings. The van der Waals surface area contributed by atoms with Gasteiger partial charge in [-0.2, -0.15) is 0 Å². The summed E-state index contributed by atoms with van der Waals surface area (Å²) in [5.74, 6) is 0. The molecule has 0 amide bonds. The van der Waals surface area contributed by atoms with Crippen molar-refractivity contribution in [3.63, 3.8) is 0 Å². The van der Waals surface area contributed by atoms with Gasteiger partial charge in [0.05, 0.1) is 18.4 Å². The molecule has 0 radical (unpaired) electrons. The van der Waals surface area contributed by atoms with Gasteiger partial charge >= 0.3 is 0 Å². The summed E-state index contributed by atoms with van der Waals surface area (Å²) in [6.07, 6.45) is 1.87. The Kier molecular flexibility index (Phi) is 4.73. The molecule has 0 atom stereocenters. The van der Waals surface area contributed by atoms with Crippen LogP contribution >= 0.6 is 0 Å². The number of aromatic nitrogens is 3. The van der Waals surface area contributed by atoms with Crippen molar-refractivity contribution in [3.8, 4) is 11.3 Å². The zero-order valence-corrected chi connectivity index (χ0v) is 19.8. The van der Waals surface area contributed by atoms with Gasteiger partial charge in [-0.3, -0.25) is 0 Å². The van der Waals surface area contributed by atoms with E-state index in [4.69, 9.17) is 0 Å². The van der Waals surface area contributed by atoms with Gasteiger partial charge in [0, 0.05) is 5.56 Å². The first kappa shape index (κ1) is 20.6. The first-order valence-electron chi connectivity index (χ1n) is 11.8. The summed E-state index contributed by atoms with van der Waals surface area (Å²) in [7, 11) is 0. The first-order chi connectivity index (χ1) is 16.5. The van der Waals surface area contributed by atoms with Crippen molar-refractivity contribution in [2.45, 2.75) is 32.7 Å². The van der Waals surface area contributed by atoms with Crippen LogP contribution in [-0.4, -0.2) is 15.0 Å². The lowest BCUT2D eigenvalue weighted by atomic mass is 9.86. The topological polar surface area (TPSA) is 30.7 Å². The largest absolute Gasteiger partial charge is 0.240 e. The van der Waals surface area contributed by atoms with Crippen LogP contribution in [0, 0.1) is 0 Å². The van der Waals surface area contributed by atoms with Crippen LogP contribution in [-0.2, 0) is 12.0 Å². The lowest BCUT2D eigenvalue weighted by Gasteiger charge is -2.19. The molecule has 3 nitrogen and oxygen atoms in total. The molecule has 0 spiro atoms. The van der Waals surface area contributed by atoms with Crippen molar-refractivity contribution in [2.75, 3.05) is 0 Å². The van der Waals surface area contributed by atoms with Gasteiger partial charge < -0.3 is 0 Å². The lowest BCUT2D eigenvalue weighted by Crippen LogP contribution is -2.10. The van der Waals surface area contributed by atoms with E-state index < -0.39 is 0 Å². The third-order valence-corrected chi connectivity index (χ3v) is 6.84. The highest BCUT2D eigenvalue weighted by molar-refractivity contribution is 6.26. The van der Waals surface area contributed by atoms with Gasteiger partial charge in [0.1, 0.15) is 0 Å². The Morgan fingerprint density at radius 1 is 0.647 bits per heavy atom. The van der Waals surface area contributed by atoms with Gasteiger partial charge in [0.15, 0.2) is 0 Å². The summed E-state index contributed by atoms with van der Waals surface area (Å²) >= 11 is 0. The number of hydrogen-bond acceptors (Lipinski definition) is 2. The van der Waals surface area contributed by atoms with Crippen LogP contribution in [0.25, 0.3) is 43.6 Å². The van der Waals surface area contributed by atoms with Crippen molar-refractivity contribution >= 4 is 32.3 Å². The average molecular weight is 442 g/mol. The number of rotatable bonds is 3. The number of fused-ring (bicyclic) bond motifs is 6. The fourth-order valence-electron chi connectivity index (χ4n) is 5.06. The van der Waals surface area contributed by atoms with Gasteiger partial charge in [0.25, 0.3) is 0 Å². The maximum Gasteiger partial charge on any atom is 0.0889 e. The summed E-state index contributed by atoms with van der Waals surface area (Å²) in [5, 5.41) is 16.5. The Labute approximate surface area is 199 Å². The predicted molar refractivity (Wildman–Crippen MR) is 142 cm³/mol. The maximum absolute atomic E-state index is 4.47. The average Bonchev–Trinajstić information content (AvgIpc) is 3.32. The van der Waals surface area contributed by atoms with Crippen molar-refractivity contribution < 1.29 is 0 Å². The maximum atomic E-state index is 4.47. The van der Waals surface area contributed by atoms with E-state index in [1.54, 1.807) is 0 Å². The minimum atomic E-state index is 0.129. The molecule has 166 valence electrons. The molecule has 0 unspecified atom stereocenters. The first-order valence-corrected chi connectivity index (χ1v) is 11.8. The second-order valence-electron chi connectivity index (χ2n) is 10.0. The molecule has 5 aromatic carbocycles. The standard InChI is InChI=1S/C31H27N3/c1-31(2,3)23-17-15-21(16-18-23)29-19-32-33-34(29)20-22-9-8-14-28-26-11-5-4-10-24(26)25-12-6-7-13-27(25)30(22)28/h4-19H,20H2,1-3H3.